The average Bonchev–Trinajstić information content (AvgIpc) is 3.05. The minimum Gasteiger partial charge on any atom is -0.387 e. The molecule has 3 atom stereocenters. The van der Waals surface area contributed by atoms with Gasteiger partial charge in [-0.25, -0.2) is 0 Å². The molecule has 1 amide bonds. The van der Waals surface area contributed by atoms with E-state index in [2.05, 4.69) is 5.32 Å². The van der Waals surface area contributed by atoms with E-state index in [4.69, 9.17) is 4.74 Å². The lowest BCUT2D eigenvalue weighted by atomic mass is 9.91. The van der Waals surface area contributed by atoms with E-state index in [1.807, 2.05) is 22.4 Å². The van der Waals surface area contributed by atoms with Gasteiger partial charge in [0.15, 0.2) is 0 Å². The molecule has 1 aliphatic carbocycles. The van der Waals surface area contributed by atoms with Crippen LogP contribution in [0, 0.1) is 11.3 Å². The Morgan fingerprint density at radius 1 is 1.50 bits per heavy atom. The summed E-state index contributed by atoms with van der Waals surface area (Å²) in [6, 6.07) is 3.90. The predicted molar refractivity (Wildman–Crippen MR) is 92.9 cm³/mol. The van der Waals surface area contributed by atoms with Gasteiger partial charge in [0.05, 0.1) is 25.4 Å². The number of aliphatic hydroxyl groups is 1. The van der Waals surface area contributed by atoms with Crippen molar-refractivity contribution in [3.8, 4) is 0 Å². The van der Waals surface area contributed by atoms with Crippen LogP contribution in [-0.2, 0) is 9.53 Å². The lowest BCUT2D eigenvalue weighted by Crippen LogP contribution is -2.50. The number of carbonyl (C=O) groups excluding carboxylic acids is 1. The Labute approximate surface area is 147 Å². The Morgan fingerprint density at radius 2 is 2.33 bits per heavy atom. The normalized spacial score (nSPS) is 30.3. The van der Waals surface area contributed by atoms with Crippen molar-refractivity contribution in [2.75, 3.05) is 32.8 Å². The van der Waals surface area contributed by atoms with Crippen LogP contribution in [0.3, 0.4) is 0 Å². The standard InChI is InChI=1S/C18H26N2O3S/c21-15(16-2-1-9-24-16)10-13-12-23-8-7-20(13)17(22)14-11-18(14)3-5-19-6-4-18/h1-2,9,13-15,19,21H,3-8,10-12H2. The van der Waals surface area contributed by atoms with Crippen LogP contribution < -0.4 is 5.32 Å². The smallest absolute Gasteiger partial charge is 0.226 e. The van der Waals surface area contributed by atoms with Crippen molar-refractivity contribution in [1.29, 1.82) is 0 Å². The molecule has 3 unspecified atom stereocenters. The number of nitrogens with zero attached hydrogens (tertiary/aromatic N) is 1. The van der Waals surface area contributed by atoms with E-state index in [9.17, 15) is 9.90 Å². The van der Waals surface area contributed by atoms with Crippen molar-refractivity contribution in [1.82, 2.24) is 10.2 Å². The molecule has 2 N–H and O–H groups in total. The number of amides is 1. The van der Waals surface area contributed by atoms with E-state index in [-0.39, 0.29) is 17.4 Å². The third-order valence-electron chi connectivity index (χ3n) is 5.96. The van der Waals surface area contributed by atoms with E-state index in [0.29, 0.717) is 32.1 Å². The molecule has 6 heteroatoms. The Kier molecular flexibility index (Phi) is 4.64. The predicted octanol–water partition coefficient (Wildman–Crippen LogP) is 1.79. The molecule has 4 rings (SSSR count). The van der Waals surface area contributed by atoms with Crippen LogP contribution in [0.5, 0.6) is 0 Å². The molecule has 0 bridgehead atoms. The van der Waals surface area contributed by atoms with Gasteiger partial charge in [-0.05, 0) is 49.2 Å². The molecule has 1 spiro atoms. The summed E-state index contributed by atoms with van der Waals surface area (Å²) in [6.07, 6.45) is 3.34. The van der Waals surface area contributed by atoms with E-state index >= 15 is 0 Å². The zero-order valence-electron chi connectivity index (χ0n) is 13.9. The van der Waals surface area contributed by atoms with Crippen LogP contribution in [0.4, 0.5) is 0 Å². The monoisotopic (exact) mass is 350 g/mol. The first-order valence-electron chi connectivity index (χ1n) is 9.00. The van der Waals surface area contributed by atoms with Gasteiger partial charge in [-0.2, -0.15) is 0 Å². The molecule has 1 saturated carbocycles. The number of hydrogen-bond acceptors (Lipinski definition) is 5. The van der Waals surface area contributed by atoms with Gasteiger partial charge in [0, 0.05) is 23.8 Å². The SMILES string of the molecule is O=C(C1CC12CCNCC2)N1CCOCC1CC(O)c1cccs1. The van der Waals surface area contributed by atoms with Gasteiger partial charge in [-0.3, -0.25) is 4.79 Å². The molecule has 1 aromatic heterocycles. The molecule has 3 fully saturated rings. The summed E-state index contributed by atoms with van der Waals surface area (Å²) in [7, 11) is 0. The number of nitrogens with one attached hydrogen (secondary N) is 1. The quantitative estimate of drug-likeness (QED) is 0.869. The highest BCUT2D eigenvalue weighted by molar-refractivity contribution is 7.10. The van der Waals surface area contributed by atoms with Gasteiger partial charge >= 0.3 is 0 Å². The molecule has 2 saturated heterocycles. The summed E-state index contributed by atoms with van der Waals surface area (Å²) in [5, 5.41) is 15.8. The summed E-state index contributed by atoms with van der Waals surface area (Å²) in [6.45, 7) is 3.88. The lowest BCUT2D eigenvalue weighted by molar-refractivity contribution is -0.143. The van der Waals surface area contributed by atoms with E-state index < -0.39 is 6.10 Å². The highest BCUT2D eigenvalue weighted by Crippen LogP contribution is 2.59. The number of aliphatic hydroxyl groups excluding tert-OH is 1. The van der Waals surface area contributed by atoms with Crippen molar-refractivity contribution >= 4 is 17.2 Å². The topological polar surface area (TPSA) is 61.8 Å². The number of hydrogen-bond donors (Lipinski definition) is 2. The van der Waals surface area contributed by atoms with Gasteiger partial charge in [-0.1, -0.05) is 6.07 Å². The third-order valence-corrected chi connectivity index (χ3v) is 6.94. The summed E-state index contributed by atoms with van der Waals surface area (Å²) < 4.78 is 5.61. The third kappa shape index (κ3) is 3.12. The van der Waals surface area contributed by atoms with Gasteiger partial charge in [0.1, 0.15) is 0 Å². The molecule has 24 heavy (non-hydrogen) atoms. The van der Waals surface area contributed by atoms with Crippen molar-refractivity contribution in [2.45, 2.75) is 37.8 Å². The second-order valence-corrected chi connectivity index (χ2v) is 8.38. The number of morpholine rings is 1. The highest BCUT2D eigenvalue weighted by Gasteiger charge is 2.59. The molecule has 0 aromatic carbocycles. The molecule has 1 aromatic rings. The molecule has 3 aliphatic rings. The fraction of sp³-hybridized carbons (Fsp3) is 0.722. The van der Waals surface area contributed by atoms with Crippen molar-refractivity contribution < 1.29 is 14.6 Å². The molecule has 2 aliphatic heterocycles. The minimum absolute atomic E-state index is 0.0114. The number of rotatable bonds is 4. The first kappa shape index (κ1) is 16.5. The second kappa shape index (κ2) is 6.75. The average molecular weight is 350 g/mol. The van der Waals surface area contributed by atoms with Crippen LogP contribution in [0.1, 0.15) is 36.7 Å². The number of thiophene rings is 1. The van der Waals surface area contributed by atoms with E-state index in [1.165, 1.54) is 0 Å². The number of piperidine rings is 1. The second-order valence-electron chi connectivity index (χ2n) is 7.40. The number of carbonyl (C=O) groups is 1. The van der Waals surface area contributed by atoms with Gasteiger partial charge in [0.2, 0.25) is 5.91 Å². The van der Waals surface area contributed by atoms with Crippen molar-refractivity contribution in [2.24, 2.45) is 11.3 Å². The lowest BCUT2D eigenvalue weighted by Gasteiger charge is -2.37. The van der Waals surface area contributed by atoms with Crippen molar-refractivity contribution in [3.63, 3.8) is 0 Å². The summed E-state index contributed by atoms with van der Waals surface area (Å²) in [5.41, 5.74) is 0.261. The largest absolute Gasteiger partial charge is 0.387 e. The van der Waals surface area contributed by atoms with Crippen LogP contribution in [-0.4, -0.2) is 54.8 Å². The minimum atomic E-state index is -0.515. The first-order chi connectivity index (χ1) is 11.7. The van der Waals surface area contributed by atoms with Gasteiger partial charge < -0.3 is 20.1 Å². The Hall–Kier alpha value is -0.950. The Bertz CT molecular complexity index is 571. The molecule has 132 valence electrons. The zero-order chi connectivity index (χ0) is 16.6. The highest BCUT2D eigenvalue weighted by atomic mass is 32.1. The molecule has 0 radical (unpaired) electrons. The summed E-state index contributed by atoms with van der Waals surface area (Å²) >= 11 is 1.56. The molecule has 5 nitrogen and oxygen atoms in total. The summed E-state index contributed by atoms with van der Waals surface area (Å²) in [4.78, 5) is 16.1. The maximum absolute atomic E-state index is 13.1. The Morgan fingerprint density at radius 3 is 3.08 bits per heavy atom. The molecular formula is C18H26N2O3S. The maximum atomic E-state index is 13.1. The van der Waals surface area contributed by atoms with Crippen LogP contribution in [0.15, 0.2) is 17.5 Å². The first-order valence-corrected chi connectivity index (χ1v) is 9.88. The summed E-state index contributed by atoms with van der Waals surface area (Å²) in [5.74, 6) is 0.489. The van der Waals surface area contributed by atoms with E-state index in [1.54, 1.807) is 11.3 Å². The Balaban J connectivity index is 1.41. The number of ether oxygens (including phenoxy) is 1. The zero-order valence-corrected chi connectivity index (χ0v) is 14.8. The maximum Gasteiger partial charge on any atom is 0.226 e. The fourth-order valence-corrected chi connectivity index (χ4v) is 5.09. The molecular weight excluding hydrogens is 324 g/mol. The van der Waals surface area contributed by atoms with Crippen LogP contribution in [0.2, 0.25) is 0 Å². The van der Waals surface area contributed by atoms with Crippen LogP contribution in [0.25, 0.3) is 0 Å². The van der Waals surface area contributed by atoms with Gasteiger partial charge in [-0.15, -0.1) is 11.3 Å². The van der Waals surface area contributed by atoms with Crippen LogP contribution >= 0.6 is 11.3 Å². The fourth-order valence-electron chi connectivity index (χ4n) is 4.37. The van der Waals surface area contributed by atoms with Gasteiger partial charge in [0.25, 0.3) is 0 Å². The molecule has 3 heterocycles. The van der Waals surface area contributed by atoms with Crippen molar-refractivity contribution in [3.05, 3.63) is 22.4 Å². The van der Waals surface area contributed by atoms with E-state index in [0.717, 1.165) is 37.2 Å².